The Bertz CT molecular complexity index is 774. The predicted molar refractivity (Wildman–Crippen MR) is 99.2 cm³/mol. The summed E-state index contributed by atoms with van der Waals surface area (Å²) in [5.74, 6) is -0.0900. The van der Waals surface area contributed by atoms with Crippen molar-refractivity contribution in [1.82, 2.24) is 9.88 Å². The van der Waals surface area contributed by atoms with Crippen molar-refractivity contribution in [2.24, 2.45) is 0 Å². The van der Waals surface area contributed by atoms with Gasteiger partial charge in [-0.25, -0.2) is 9.78 Å². The highest BCUT2D eigenvalue weighted by atomic mass is 32.2. The Balaban J connectivity index is 1.61. The number of hydrogen-bond donors (Lipinski definition) is 1. The van der Waals surface area contributed by atoms with Crippen LogP contribution in [0.2, 0.25) is 0 Å². The van der Waals surface area contributed by atoms with Crippen molar-refractivity contribution in [3.8, 4) is 0 Å². The van der Waals surface area contributed by atoms with Gasteiger partial charge in [-0.05, 0) is 24.0 Å². The second kappa shape index (κ2) is 7.88. The highest BCUT2D eigenvalue weighted by Gasteiger charge is 2.24. The van der Waals surface area contributed by atoms with Crippen LogP contribution in [0.25, 0.3) is 0 Å². The van der Waals surface area contributed by atoms with Gasteiger partial charge in [0.1, 0.15) is 0 Å². The number of hydrogen-bond acceptors (Lipinski definition) is 6. The number of benzene rings is 1. The number of nitrogens with one attached hydrogen (secondary N) is 1. The van der Waals surface area contributed by atoms with Crippen LogP contribution in [-0.2, 0) is 28.9 Å². The second-order valence-corrected chi connectivity index (χ2v) is 7.57. The van der Waals surface area contributed by atoms with E-state index in [0.717, 1.165) is 16.1 Å². The lowest BCUT2D eigenvalue weighted by Crippen LogP contribution is -2.35. The zero-order chi connectivity index (χ0) is 17.8. The number of amides is 2. The molecular formula is C17H19N3O3S2. The molecule has 0 bridgehead atoms. The zero-order valence-corrected chi connectivity index (χ0v) is 15.7. The van der Waals surface area contributed by atoms with E-state index in [2.05, 4.69) is 10.3 Å². The molecule has 1 aliphatic rings. The number of methoxy groups -OCH3 is 1. The van der Waals surface area contributed by atoms with E-state index in [4.69, 9.17) is 4.74 Å². The summed E-state index contributed by atoms with van der Waals surface area (Å²) in [7, 11) is 1.38. The fourth-order valence-corrected chi connectivity index (χ4v) is 4.07. The van der Waals surface area contributed by atoms with Gasteiger partial charge in [-0.15, -0.1) is 11.8 Å². The highest BCUT2D eigenvalue weighted by Crippen LogP contribution is 2.28. The van der Waals surface area contributed by atoms with E-state index < -0.39 is 0 Å². The quantitative estimate of drug-likeness (QED) is 0.829. The van der Waals surface area contributed by atoms with Gasteiger partial charge in [-0.2, -0.15) is 0 Å². The lowest BCUT2D eigenvalue weighted by atomic mass is 10.1. The molecule has 0 spiro atoms. The molecule has 3 rings (SSSR count). The fourth-order valence-electron chi connectivity index (χ4n) is 2.63. The number of fused-ring (bicyclic) bond motifs is 1. The maximum atomic E-state index is 12.2. The molecule has 1 aromatic heterocycles. The Morgan fingerprint density at radius 1 is 1.36 bits per heavy atom. The van der Waals surface area contributed by atoms with E-state index in [1.807, 2.05) is 30.5 Å². The predicted octanol–water partition coefficient (Wildman–Crippen LogP) is 3.17. The van der Waals surface area contributed by atoms with Gasteiger partial charge in [-0.1, -0.05) is 23.5 Å². The largest absolute Gasteiger partial charge is 0.453 e. The molecule has 0 saturated heterocycles. The van der Waals surface area contributed by atoms with Gasteiger partial charge < -0.3 is 15.0 Å². The Hall–Kier alpha value is -2.06. The third-order valence-electron chi connectivity index (χ3n) is 3.93. The zero-order valence-electron chi connectivity index (χ0n) is 14.1. The summed E-state index contributed by atoms with van der Waals surface area (Å²) in [6, 6.07) is 7.95. The molecule has 0 aliphatic carbocycles. The number of rotatable bonds is 4. The van der Waals surface area contributed by atoms with Crippen LogP contribution in [0.1, 0.15) is 16.1 Å². The number of aromatic nitrogens is 1. The van der Waals surface area contributed by atoms with E-state index in [9.17, 15) is 9.59 Å². The molecule has 6 nitrogen and oxygen atoms in total. The normalized spacial score (nSPS) is 13.3. The molecule has 25 heavy (non-hydrogen) atoms. The fraction of sp³-hybridized carbons (Fsp3) is 0.353. The molecule has 1 aliphatic heterocycles. The number of carbonyl (C=O) groups excluding carboxylic acids is 2. The Labute approximate surface area is 154 Å². The highest BCUT2D eigenvalue weighted by molar-refractivity contribution is 7.98. The second-order valence-electron chi connectivity index (χ2n) is 5.60. The summed E-state index contributed by atoms with van der Waals surface area (Å²) in [4.78, 5) is 32.2. The minimum absolute atomic E-state index is 0.0900. The first kappa shape index (κ1) is 17.8. The number of carbonyl (C=O) groups is 2. The van der Waals surface area contributed by atoms with Crippen LogP contribution < -0.4 is 5.32 Å². The molecule has 0 atom stereocenters. The number of thiazole rings is 1. The van der Waals surface area contributed by atoms with Crippen molar-refractivity contribution in [3.05, 3.63) is 40.4 Å². The minimum Gasteiger partial charge on any atom is -0.453 e. The number of ether oxygens (including phenoxy) is 1. The van der Waals surface area contributed by atoms with Crippen molar-refractivity contribution in [2.45, 2.75) is 24.3 Å². The lowest BCUT2D eigenvalue weighted by Gasteiger charge is -2.24. The van der Waals surface area contributed by atoms with Crippen LogP contribution in [0.3, 0.4) is 0 Å². The molecule has 1 N–H and O–H groups in total. The number of anilines is 1. The monoisotopic (exact) mass is 377 g/mol. The summed E-state index contributed by atoms with van der Waals surface area (Å²) in [6.07, 6.45) is 2.67. The summed E-state index contributed by atoms with van der Waals surface area (Å²) < 4.78 is 4.76. The molecule has 1 aromatic carbocycles. The minimum atomic E-state index is -0.335. The van der Waals surface area contributed by atoms with E-state index in [1.165, 1.54) is 23.3 Å². The standard InChI is InChI=1S/C17H19N3O3S2/c1-23-17(22)20-8-7-13-14(10-20)25-16(18-13)19-15(21)9-11-3-5-12(24-2)6-4-11/h3-6H,7-10H2,1-2H3,(H,18,19,21). The lowest BCUT2D eigenvalue weighted by molar-refractivity contribution is -0.115. The van der Waals surface area contributed by atoms with Crippen molar-refractivity contribution >= 4 is 40.2 Å². The summed E-state index contributed by atoms with van der Waals surface area (Å²) in [5.41, 5.74) is 1.92. The van der Waals surface area contributed by atoms with Gasteiger partial charge >= 0.3 is 6.09 Å². The topological polar surface area (TPSA) is 71.5 Å². The first-order chi connectivity index (χ1) is 12.1. The van der Waals surface area contributed by atoms with E-state index in [1.54, 1.807) is 16.7 Å². The summed E-state index contributed by atoms with van der Waals surface area (Å²) in [6.45, 7) is 1.06. The van der Waals surface area contributed by atoms with Gasteiger partial charge in [0.05, 0.1) is 25.8 Å². The van der Waals surface area contributed by atoms with Crippen LogP contribution in [0, 0.1) is 0 Å². The van der Waals surface area contributed by atoms with E-state index in [0.29, 0.717) is 31.1 Å². The van der Waals surface area contributed by atoms with Crippen molar-refractivity contribution < 1.29 is 14.3 Å². The molecule has 0 fully saturated rings. The van der Waals surface area contributed by atoms with Gasteiger partial charge in [0.15, 0.2) is 5.13 Å². The van der Waals surface area contributed by atoms with Crippen molar-refractivity contribution in [1.29, 1.82) is 0 Å². The maximum Gasteiger partial charge on any atom is 0.409 e. The Morgan fingerprint density at radius 3 is 2.80 bits per heavy atom. The summed E-state index contributed by atoms with van der Waals surface area (Å²) >= 11 is 3.09. The molecular weight excluding hydrogens is 358 g/mol. The van der Waals surface area contributed by atoms with Gasteiger partial charge in [0, 0.05) is 22.7 Å². The summed E-state index contributed by atoms with van der Waals surface area (Å²) in [5, 5.41) is 3.45. The van der Waals surface area contributed by atoms with Crippen molar-refractivity contribution in [2.75, 3.05) is 25.2 Å². The molecule has 0 unspecified atom stereocenters. The molecule has 0 radical (unpaired) electrons. The first-order valence-electron chi connectivity index (χ1n) is 7.83. The van der Waals surface area contributed by atoms with Crippen LogP contribution in [0.15, 0.2) is 29.2 Å². The Morgan fingerprint density at radius 2 is 2.12 bits per heavy atom. The third kappa shape index (κ3) is 4.32. The van der Waals surface area contributed by atoms with Crippen LogP contribution in [-0.4, -0.2) is 41.8 Å². The van der Waals surface area contributed by atoms with Gasteiger partial charge in [0.25, 0.3) is 0 Å². The van der Waals surface area contributed by atoms with E-state index >= 15 is 0 Å². The first-order valence-corrected chi connectivity index (χ1v) is 9.87. The molecule has 132 valence electrons. The average Bonchev–Trinajstić information content (AvgIpc) is 3.02. The van der Waals surface area contributed by atoms with Gasteiger partial charge in [-0.3, -0.25) is 4.79 Å². The van der Waals surface area contributed by atoms with Crippen LogP contribution >= 0.6 is 23.1 Å². The molecule has 2 amide bonds. The van der Waals surface area contributed by atoms with Crippen LogP contribution in [0.5, 0.6) is 0 Å². The van der Waals surface area contributed by atoms with Crippen LogP contribution in [0.4, 0.5) is 9.93 Å². The van der Waals surface area contributed by atoms with Crippen molar-refractivity contribution in [3.63, 3.8) is 0 Å². The molecule has 0 saturated carbocycles. The van der Waals surface area contributed by atoms with E-state index in [-0.39, 0.29) is 12.0 Å². The molecule has 2 heterocycles. The smallest absolute Gasteiger partial charge is 0.409 e. The number of thioether (sulfide) groups is 1. The molecule has 2 aromatic rings. The third-order valence-corrected chi connectivity index (χ3v) is 5.68. The SMILES string of the molecule is COC(=O)N1CCc2nc(NC(=O)Cc3ccc(SC)cc3)sc2C1. The van der Waals surface area contributed by atoms with Gasteiger partial charge in [0.2, 0.25) is 5.91 Å². The Kier molecular flexibility index (Phi) is 5.60. The average molecular weight is 377 g/mol. The number of nitrogens with zero attached hydrogens (tertiary/aromatic N) is 2. The molecule has 8 heteroatoms. The maximum absolute atomic E-state index is 12.2.